The number of aryl methyl sites for hydroxylation is 2. The number of nitrogens with one attached hydrogen (secondary N) is 1. The molecule has 0 saturated carbocycles. The van der Waals surface area contributed by atoms with Crippen LogP contribution in [0.2, 0.25) is 0 Å². The zero-order valence-corrected chi connectivity index (χ0v) is 9.28. The summed E-state index contributed by atoms with van der Waals surface area (Å²) in [6.45, 7) is 4.07. The predicted molar refractivity (Wildman–Crippen MR) is 62.6 cm³/mol. The summed E-state index contributed by atoms with van der Waals surface area (Å²) in [6, 6.07) is 10.3. The quantitative estimate of drug-likeness (QED) is 0.809. The predicted octanol–water partition coefficient (Wildman–Crippen LogP) is 2.53. The van der Waals surface area contributed by atoms with E-state index < -0.39 is 0 Å². The molecule has 3 heteroatoms. The Hall–Kier alpha value is -1.77. The summed E-state index contributed by atoms with van der Waals surface area (Å²) in [5.41, 5.74) is 4.41. The number of hydrogen-bond acceptors (Lipinski definition) is 2. The summed E-state index contributed by atoms with van der Waals surface area (Å²) < 4.78 is 1.95. The van der Waals surface area contributed by atoms with E-state index in [4.69, 9.17) is 0 Å². The van der Waals surface area contributed by atoms with Crippen LogP contribution < -0.4 is 5.32 Å². The molecular formula is C12H15N3. The fourth-order valence-corrected chi connectivity index (χ4v) is 1.66. The van der Waals surface area contributed by atoms with Crippen molar-refractivity contribution in [1.29, 1.82) is 0 Å². The van der Waals surface area contributed by atoms with Crippen LogP contribution in [0.15, 0.2) is 30.3 Å². The first-order valence-electron chi connectivity index (χ1n) is 5.02. The fourth-order valence-electron chi connectivity index (χ4n) is 1.66. The van der Waals surface area contributed by atoms with Crippen LogP contribution in [0.4, 0.5) is 5.69 Å². The van der Waals surface area contributed by atoms with Gasteiger partial charge in [-0.3, -0.25) is 0 Å². The van der Waals surface area contributed by atoms with Crippen LogP contribution in [0, 0.1) is 13.8 Å². The first-order valence-corrected chi connectivity index (χ1v) is 5.02. The van der Waals surface area contributed by atoms with Crippen molar-refractivity contribution in [3.8, 4) is 5.69 Å². The van der Waals surface area contributed by atoms with E-state index >= 15 is 0 Å². The van der Waals surface area contributed by atoms with Gasteiger partial charge in [0, 0.05) is 18.4 Å². The third-order valence-corrected chi connectivity index (χ3v) is 2.41. The Bertz CT molecular complexity index is 454. The molecule has 0 radical (unpaired) electrons. The normalized spacial score (nSPS) is 10.3. The minimum absolute atomic E-state index is 1.05. The highest BCUT2D eigenvalue weighted by molar-refractivity contribution is 5.48. The van der Waals surface area contributed by atoms with E-state index in [0.717, 1.165) is 22.8 Å². The van der Waals surface area contributed by atoms with Crippen molar-refractivity contribution in [1.82, 2.24) is 9.78 Å². The standard InChI is InChI=1S/C12H15N3/c1-9-8-10(2)15(14-9)12-6-4-11(13-3)5-7-12/h4-8,13H,1-3H3. The molecule has 1 aromatic heterocycles. The van der Waals surface area contributed by atoms with Crippen LogP contribution in [0.1, 0.15) is 11.4 Å². The lowest BCUT2D eigenvalue weighted by Gasteiger charge is -2.05. The number of hydrogen-bond donors (Lipinski definition) is 1. The lowest BCUT2D eigenvalue weighted by atomic mass is 10.3. The van der Waals surface area contributed by atoms with Gasteiger partial charge in [-0.2, -0.15) is 5.10 Å². The van der Waals surface area contributed by atoms with E-state index in [1.807, 2.05) is 30.8 Å². The fraction of sp³-hybridized carbons (Fsp3) is 0.250. The molecule has 1 N–H and O–H groups in total. The van der Waals surface area contributed by atoms with Crippen LogP contribution in [0.25, 0.3) is 5.69 Å². The van der Waals surface area contributed by atoms with Gasteiger partial charge in [-0.15, -0.1) is 0 Å². The maximum atomic E-state index is 4.43. The highest BCUT2D eigenvalue weighted by Crippen LogP contribution is 2.14. The Morgan fingerprint density at radius 1 is 1.13 bits per heavy atom. The van der Waals surface area contributed by atoms with E-state index in [0.29, 0.717) is 0 Å². The molecular weight excluding hydrogens is 186 g/mol. The summed E-state index contributed by atoms with van der Waals surface area (Å²) in [5, 5.41) is 7.53. The molecule has 1 heterocycles. The van der Waals surface area contributed by atoms with Crippen LogP contribution >= 0.6 is 0 Å². The molecule has 2 aromatic rings. The zero-order valence-electron chi connectivity index (χ0n) is 9.28. The largest absolute Gasteiger partial charge is 0.388 e. The molecule has 0 amide bonds. The van der Waals surface area contributed by atoms with Crippen LogP contribution in [-0.2, 0) is 0 Å². The SMILES string of the molecule is CNc1ccc(-n2nc(C)cc2C)cc1. The number of aromatic nitrogens is 2. The molecule has 0 saturated heterocycles. The molecule has 3 nitrogen and oxygen atoms in total. The molecule has 0 spiro atoms. The van der Waals surface area contributed by atoms with E-state index in [-0.39, 0.29) is 0 Å². The maximum Gasteiger partial charge on any atom is 0.0650 e. The second-order valence-electron chi connectivity index (χ2n) is 3.64. The molecule has 15 heavy (non-hydrogen) atoms. The van der Waals surface area contributed by atoms with Gasteiger partial charge >= 0.3 is 0 Å². The lowest BCUT2D eigenvalue weighted by molar-refractivity contribution is 0.834. The molecule has 0 bridgehead atoms. The van der Waals surface area contributed by atoms with Gasteiger partial charge in [-0.05, 0) is 44.2 Å². The first-order chi connectivity index (χ1) is 7.20. The summed E-state index contributed by atoms with van der Waals surface area (Å²) in [4.78, 5) is 0. The number of benzene rings is 1. The van der Waals surface area contributed by atoms with E-state index in [9.17, 15) is 0 Å². The summed E-state index contributed by atoms with van der Waals surface area (Å²) >= 11 is 0. The second kappa shape index (κ2) is 3.77. The van der Waals surface area contributed by atoms with E-state index in [1.165, 1.54) is 0 Å². The molecule has 0 atom stereocenters. The van der Waals surface area contributed by atoms with Crippen molar-refractivity contribution in [2.75, 3.05) is 12.4 Å². The topological polar surface area (TPSA) is 29.9 Å². The second-order valence-corrected chi connectivity index (χ2v) is 3.64. The Labute approximate surface area is 89.7 Å². The maximum absolute atomic E-state index is 4.43. The molecule has 0 aliphatic carbocycles. The zero-order chi connectivity index (χ0) is 10.8. The Morgan fingerprint density at radius 3 is 2.27 bits per heavy atom. The highest BCUT2D eigenvalue weighted by Gasteiger charge is 2.02. The average molecular weight is 201 g/mol. The van der Waals surface area contributed by atoms with Gasteiger partial charge in [0.2, 0.25) is 0 Å². The van der Waals surface area contributed by atoms with Gasteiger partial charge in [-0.25, -0.2) is 4.68 Å². The lowest BCUT2D eigenvalue weighted by Crippen LogP contribution is -1.99. The Kier molecular flexibility index (Phi) is 2.46. The number of nitrogens with zero attached hydrogens (tertiary/aromatic N) is 2. The average Bonchev–Trinajstić information content (AvgIpc) is 2.58. The van der Waals surface area contributed by atoms with Crippen LogP contribution in [0.3, 0.4) is 0 Å². The van der Waals surface area contributed by atoms with E-state index in [2.05, 4.69) is 35.5 Å². The third-order valence-electron chi connectivity index (χ3n) is 2.41. The summed E-state index contributed by atoms with van der Waals surface area (Å²) in [7, 11) is 1.91. The Morgan fingerprint density at radius 2 is 1.80 bits per heavy atom. The van der Waals surface area contributed by atoms with Crippen LogP contribution in [-0.4, -0.2) is 16.8 Å². The minimum Gasteiger partial charge on any atom is -0.388 e. The summed E-state index contributed by atoms with van der Waals surface area (Å²) in [6.07, 6.45) is 0. The van der Waals surface area contributed by atoms with Gasteiger partial charge in [0.05, 0.1) is 11.4 Å². The van der Waals surface area contributed by atoms with Crippen molar-refractivity contribution in [2.24, 2.45) is 0 Å². The molecule has 0 fully saturated rings. The molecule has 0 aliphatic heterocycles. The number of rotatable bonds is 2. The summed E-state index contributed by atoms with van der Waals surface area (Å²) in [5.74, 6) is 0. The van der Waals surface area contributed by atoms with Crippen molar-refractivity contribution in [3.05, 3.63) is 41.7 Å². The first kappa shape index (κ1) is 9.77. The highest BCUT2D eigenvalue weighted by atomic mass is 15.3. The van der Waals surface area contributed by atoms with Crippen molar-refractivity contribution < 1.29 is 0 Å². The minimum atomic E-state index is 1.05. The monoisotopic (exact) mass is 201 g/mol. The van der Waals surface area contributed by atoms with E-state index in [1.54, 1.807) is 0 Å². The molecule has 0 unspecified atom stereocenters. The van der Waals surface area contributed by atoms with Gasteiger partial charge in [0.15, 0.2) is 0 Å². The molecule has 1 aromatic carbocycles. The smallest absolute Gasteiger partial charge is 0.0650 e. The van der Waals surface area contributed by atoms with Crippen LogP contribution in [0.5, 0.6) is 0 Å². The molecule has 78 valence electrons. The van der Waals surface area contributed by atoms with Crippen molar-refractivity contribution in [2.45, 2.75) is 13.8 Å². The Balaban J connectivity index is 2.41. The van der Waals surface area contributed by atoms with Crippen molar-refractivity contribution in [3.63, 3.8) is 0 Å². The number of anilines is 1. The van der Waals surface area contributed by atoms with Gasteiger partial charge in [-0.1, -0.05) is 0 Å². The van der Waals surface area contributed by atoms with Gasteiger partial charge in [0.1, 0.15) is 0 Å². The van der Waals surface area contributed by atoms with Crippen molar-refractivity contribution >= 4 is 5.69 Å². The third kappa shape index (κ3) is 1.86. The molecule has 2 rings (SSSR count). The molecule has 0 aliphatic rings. The van der Waals surface area contributed by atoms with Gasteiger partial charge in [0.25, 0.3) is 0 Å². The van der Waals surface area contributed by atoms with Gasteiger partial charge < -0.3 is 5.32 Å².